The summed E-state index contributed by atoms with van der Waals surface area (Å²) in [4.78, 5) is 24.0. The van der Waals surface area contributed by atoms with Crippen molar-refractivity contribution in [2.45, 2.75) is 44.9 Å². The first kappa shape index (κ1) is 19.5. The predicted molar refractivity (Wildman–Crippen MR) is 69.0 cm³/mol. The number of halogens is 3. The van der Waals surface area contributed by atoms with E-state index in [0.717, 1.165) is 4.90 Å². The molecule has 0 aromatic heterocycles. The van der Waals surface area contributed by atoms with E-state index in [2.05, 4.69) is 0 Å². The number of alkyl halides is 3. The topological polar surface area (TPSA) is 78.9 Å². The third-order valence-electron chi connectivity index (χ3n) is 3.27. The van der Waals surface area contributed by atoms with Crippen molar-refractivity contribution in [2.24, 2.45) is 0 Å². The van der Waals surface area contributed by atoms with E-state index >= 15 is 0 Å². The number of carbonyl (C=O) groups is 2. The summed E-state index contributed by atoms with van der Waals surface area (Å²) in [5, 5.41) is 10.4. The molecule has 2 N–H and O–H groups in total. The lowest BCUT2D eigenvalue weighted by Crippen LogP contribution is -2.64. The van der Waals surface area contributed by atoms with Gasteiger partial charge in [-0.3, -0.25) is 0 Å². The fraction of sp³-hybridized carbons (Fsp3) is 0.833. The summed E-state index contributed by atoms with van der Waals surface area (Å²) in [5.41, 5.74) is -3.34. The molecule has 0 fully saturated rings. The molecular formula is C12H21F3N2O4. The summed E-state index contributed by atoms with van der Waals surface area (Å²) in [5.74, 6) is -2.17. The first-order chi connectivity index (χ1) is 9.51. The minimum Gasteiger partial charge on any atom is -0.479 e. The number of hydrogen-bond acceptors (Lipinski definition) is 3. The Bertz CT molecular complexity index is 376. The minimum atomic E-state index is -5.11. The summed E-state index contributed by atoms with van der Waals surface area (Å²) in [6, 6.07) is -1.45. The number of carbonyl (C=O) groups excluding carboxylic acids is 1. The van der Waals surface area contributed by atoms with Crippen LogP contribution >= 0.6 is 0 Å². The smallest absolute Gasteiger partial charge is 0.422 e. The molecule has 0 saturated carbocycles. The second-order valence-corrected chi connectivity index (χ2v) is 4.80. The first-order valence-corrected chi connectivity index (χ1v) is 6.39. The van der Waals surface area contributed by atoms with Crippen molar-refractivity contribution in [3.05, 3.63) is 0 Å². The van der Waals surface area contributed by atoms with E-state index in [-0.39, 0.29) is 19.2 Å². The number of nitrogens with zero attached hydrogens (tertiary/aromatic N) is 1. The number of methoxy groups -OCH3 is 1. The van der Waals surface area contributed by atoms with Crippen molar-refractivity contribution in [3.8, 4) is 0 Å². The molecule has 0 aliphatic rings. The van der Waals surface area contributed by atoms with Gasteiger partial charge < -0.3 is 20.1 Å². The van der Waals surface area contributed by atoms with E-state index in [9.17, 15) is 22.8 Å². The van der Waals surface area contributed by atoms with Crippen LogP contribution in [0.2, 0.25) is 0 Å². The molecule has 0 aliphatic heterocycles. The number of amides is 2. The zero-order valence-corrected chi connectivity index (χ0v) is 12.5. The number of hydrogen-bond donors (Lipinski definition) is 2. The van der Waals surface area contributed by atoms with Gasteiger partial charge in [0.25, 0.3) is 0 Å². The fourth-order valence-corrected chi connectivity index (χ4v) is 1.46. The predicted octanol–water partition coefficient (Wildman–Crippen LogP) is 1.85. The number of carboxylic acids is 1. The van der Waals surface area contributed by atoms with Gasteiger partial charge in [0.15, 0.2) is 0 Å². The Morgan fingerprint density at radius 3 is 2.24 bits per heavy atom. The van der Waals surface area contributed by atoms with Gasteiger partial charge in [-0.1, -0.05) is 6.92 Å². The second-order valence-electron chi connectivity index (χ2n) is 4.80. The minimum absolute atomic E-state index is 0.0604. The molecule has 0 saturated heterocycles. The van der Waals surface area contributed by atoms with E-state index in [1.165, 1.54) is 7.11 Å². The number of rotatable bonds is 7. The molecule has 0 aliphatic carbocycles. The molecule has 2 unspecified atom stereocenters. The van der Waals surface area contributed by atoms with Gasteiger partial charge in [-0.2, -0.15) is 13.2 Å². The fourth-order valence-electron chi connectivity index (χ4n) is 1.46. The van der Waals surface area contributed by atoms with Gasteiger partial charge >= 0.3 is 18.2 Å². The molecule has 124 valence electrons. The Balaban J connectivity index is 5.22. The van der Waals surface area contributed by atoms with Crippen molar-refractivity contribution in [1.82, 2.24) is 10.2 Å². The number of carboxylic acid groups (broad SMARTS) is 1. The second kappa shape index (κ2) is 7.48. The number of urea groups is 1. The van der Waals surface area contributed by atoms with Gasteiger partial charge in [-0.15, -0.1) is 0 Å². The normalized spacial score (nSPS) is 16.0. The van der Waals surface area contributed by atoms with Crippen molar-refractivity contribution in [1.29, 1.82) is 0 Å². The van der Waals surface area contributed by atoms with Gasteiger partial charge in [0.2, 0.25) is 5.54 Å². The van der Waals surface area contributed by atoms with Crippen LogP contribution in [0.15, 0.2) is 0 Å². The quantitative estimate of drug-likeness (QED) is 0.751. The molecule has 0 radical (unpaired) electrons. The van der Waals surface area contributed by atoms with Crippen LogP contribution < -0.4 is 5.32 Å². The zero-order chi connectivity index (χ0) is 16.8. The molecular weight excluding hydrogens is 293 g/mol. The largest absolute Gasteiger partial charge is 0.479 e. The van der Waals surface area contributed by atoms with Gasteiger partial charge in [0.05, 0.1) is 6.61 Å². The van der Waals surface area contributed by atoms with Crippen molar-refractivity contribution < 1.29 is 32.6 Å². The number of ether oxygens (including phenoxy) is 1. The summed E-state index contributed by atoms with van der Waals surface area (Å²) in [7, 11) is 1.39. The van der Waals surface area contributed by atoms with Crippen molar-refractivity contribution in [2.75, 3.05) is 20.3 Å². The van der Waals surface area contributed by atoms with Crippen LogP contribution in [0.3, 0.4) is 0 Å². The highest BCUT2D eigenvalue weighted by molar-refractivity contribution is 5.86. The van der Waals surface area contributed by atoms with E-state index in [0.29, 0.717) is 13.3 Å². The van der Waals surface area contributed by atoms with Gasteiger partial charge in [-0.25, -0.2) is 9.59 Å². The van der Waals surface area contributed by atoms with E-state index in [4.69, 9.17) is 9.84 Å². The Morgan fingerprint density at radius 1 is 1.38 bits per heavy atom. The maximum absolute atomic E-state index is 12.9. The lowest BCUT2D eigenvalue weighted by Gasteiger charge is -2.34. The van der Waals surface area contributed by atoms with Crippen LogP contribution in [0.4, 0.5) is 18.0 Å². The molecule has 6 nitrogen and oxygen atoms in total. The highest BCUT2D eigenvalue weighted by Gasteiger charge is 2.59. The number of nitrogens with one attached hydrogen (secondary N) is 1. The van der Waals surface area contributed by atoms with Crippen LogP contribution in [0.1, 0.15) is 27.2 Å². The monoisotopic (exact) mass is 314 g/mol. The Hall–Kier alpha value is -1.51. The lowest BCUT2D eigenvalue weighted by atomic mass is 10.0. The molecule has 0 heterocycles. The van der Waals surface area contributed by atoms with Crippen molar-refractivity contribution >= 4 is 12.0 Å². The Morgan fingerprint density at radius 2 is 1.90 bits per heavy atom. The highest BCUT2D eigenvalue weighted by atomic mass is 19.4. The lowest BCUT2D eigenvalue weighted by molar-refractivity contribution is -0.203. The maximum atomic E-state index is 12.9. The van der Waals surface area contributed by atoms with Crippen LogP contribution in [0.25, 0.3) is 0 Å². The summed E-state index contributed by atoms with van der Waals surface area (Å²) >= 11 is 0. The van der Waals surface area contributed by atoms with Gasteiger partial charge in [-0.05, 0) is 20.3 Å². The van der Waals surface area contributed by atoms with E-state index in [1.807, 2.05) is 0 Å². The molecule has 0 spiro atoms. The third kappa shape index (κ3) is 4.76. The van der Waals surface area contributed by atoms with Crippen LogP contribution in [0, 0.1) is 0 Å². The Kier molecular flexibility index (Phi) is 6.95. The summed E-state index contributed by atoms with van der Waals surface area (Å²) in [6.45, 7) is 4.02. The van der Waals surface area contributed by atoms with E-state index in [1.54, 1.807) is 19.2 Å². The summed E-state index contributed by atoms with van der Waals surface area (Å²) in [6.07, 6.45) is -4.61. The van der Waals surface area contributed by atoms with Crippen LogP contribution in [0.5, 0.6) is 0 Å². The van der Waals surface area contributed by atoms with Crippen molar-refractivity contribution in [3.63, 3.8) is 0 Å². The van der Waals surface area contributed by atoms with Crippen LogP contribution in [-0.2, 0) is 9.53 Å². The third-order valence-corrected chi connectivity index (χ3v) is 3.27. The highest BCUT2D eigenvalue weighted by Crippen LogP contribution is 2.30. The van der Waals surface area contributed by atoms with Gasteiger partial charge in [0.1, 0.15) is 0 Å². The van der Waals surface area contributed by atoms with E-state index < -0.39 is 23.7 Å². The SMILES string of the molecule is CCC(C)N(CCOC)C(=O)NC(C)(C(=O)O)C(F)(F)F. The zero-order valence-electron chi connectivity index (χ0n) is 12.5. The molecule has 2 amide bonds. The molecule has 9 heteroatoms. The first-order valence-electron chi connectivity index (χ1n) is 6.39. The molecule has 0 aromatic carbocycles. The molecule has 21 heavy (non-hydrogen) atoms. The van der Waals surface area contributed by atoms with Crippen LogP contribution in [-0.4, -0.2) is 60.0 Å². The Labute approximate surface area is 121 Å². The molecule has 0 aromatic rings. The van der Waals surface area contributed by atoms with Gasteiger partial charge in [0, 0.05) is 19.7 Å². The number of aliphatic carboxylic acids is 1. The average Bonchev–Trinajstić information content (AvgIpc) is 2.36. The maximum Gasteiger partial charge on any atom is 0.422 e. The standard InChI is InChI=1S/C12H21F3N2O4/c1-5-8(2)17(6-7-21-4)10(20)16-11(3,9(18)19)12(13,14)15/h8H,5-7H2,1-4H3,(H,16,20)(H,18,19). The molecule has 2 atom stereocenters. The molecule has 0 rings (SSSR count). The average molecular weight is 314 g/mol. The summed E-state index contributed by atoms with van der Waals surface area (Å²) < 4.78 is 43.4. The molecule has 0 bridgehead atoms.